The second-order valence-electron chi connectivity index (χ2n) is 12.1. The lowest BCUT2D eigenvalue weighted by molar-refractivity contribution is 1.03. The van der Waals surface area contributed by atoms with E-state index in [1.807, 2.05) is 24.3 Å². The number of hydrogen-bond donors (Lipinski definition) is 0. The van der Waals surface area contributed by atoms with Crippen LogP contribution in [-0.2, 0) is 0 Å². The monoisotopic (exact) mass is 616 g/mol. The van der Waals surface area contributed by atoms with Crippen LogP contribution in [0.2, 0.25) is 0 Å². The molecule has 4 heteroatoms. The van der Waals surface area contributed by atoms with Crippen LogP contribution >= 0.6 is 0 Å². The van der Waals surface area contributed by atoms with Gasteiger partial charge in [0, 0.05) is 56.7 Å². The summed E-state index contributed by atoms with van der Waals surface area (Å²) in [5.41, 5.74) is 14.5. The van der Waals surface area contributed by atoms with E-state index in [4.69, 9.17) is 9.97 Å². The molecule has 0 atom stereocenters. The predicted octanol–water partition coefficient (Wildman–Crippen LogP) is 11.2. The fourth-order valence-corrected chi connectivity index (χ4v) is 7.21. The minimum absolute atomic E-state index is 0.711. The highest BCUT2D eigenvalue weighted by molar-refractivity contribution is 6.11. The largest absolute Gasteiger partial charge is 0.341 e. The van der Waals surface area contributed by atoms with Crippen LogP contribution in [-0.4, -0.2) is 21.1 Å². The van der Waals surface area contributed by atoms with Crippen molar-refractivity contribution >= 4 is 22.3 Å². The molecule has 1 aliphatic rings. The zero-order valence-corrected chi connectivity index (χ0v) is 26.6. The number of fused-ring (bicyclic) bond motifs is 7. The Morgan fingerprint density at radius 1 is 0.500 bits per heavy atom. The average Bonchev–Trinajstić information content (AvgIpc) is 3.45. The average molecular weight is 617 g/mol. The molecular formula is C44H32N4. The van der Waals surface area contributed by atoms with Gasteiger partial charge in [-0.15, -0.1) is 0 Å². The van der Waals surface area contributed by atoms with Crippen LogP contribution in [0.4, 0.5) is 11.4 Å². The van der Waals surface area contributed by atoms with E-state index in [0.717, 1.165) is 40.3 Å². The summed E-state index contributed by atoms with van der Waals surface area (Å²) >= 11 is 0. The van der Waals surface area contributed by atoms with Gasteiger partial charge in [0.1, 0.15) is 0 Å². The number of para-hydroxylation sites is 3. The summed E-state index contributed by atoms with van der Waals surface area (Å²) in [6, 6.07) is 57.9. The second-order valence-corrected chi connectivity index (χ2v) is 12.1. The Morgan fingerprint density at radius 3 is 1.83 bits per heavy atom. The van der Waals surface area contributed by atoms with Gasteiger partial charge in [-0.1, -0.05) is 127 Å². The van der Waals surface area contributed by atoms with Crippen LogP contribution < -0.4 is 4.90 Å². The molecular weight excluding hydrogens is 585 g/mol. The van der Waals surface area contributed by atoms with Crippen molar-refractivity contribution < 1.29 is 0 Å². The molecule has 0 radical (unpaired) electrons. The molecule has 0 amide bonds. The van der Waals surface area contributed by atoms with Crippen molar-refractivity contribution in [3.63, 3.8) is 0 Å². The van der Waals surface area contributed by atoms with Crippen molar-refractivity contribution in [1.82, 2.24) is 14.5 Å². The van der Waals surface area contributed by atoms with Crippen molar-refractivity contribution in [2.75, 3.05) is 11.4 Å². The Kier molecular flexibility index (Phi) is 6.72. The van der Waals surface area contributed by atoms with Crippen molar-refractivity contribution in [2.24, 2.45) is 0 Å². The van der Waals surface area contributed by atoms with Gasteiger partial charge in [0.15, 0.2) is 5.82 Å². The van der Waals surface area contributed by atoms with E-state index in [2.05, 4.69) is 156 Å². The molecule has 3 heterocycles. The van der Waals surface area contributed by atoms with Crippen LogP contribution in [0.15, 0.2) is 164 Å². The summed E-state index contributed by atoms with van der Waals surface area (Å²) in [7, 11) is 0. The molecule has 1 aliphatic heterocycles. The fraction of sp³-hybridized carbons (Fsp3) is 0.0455. The summed E-state index contributed by atoms with van der Waals surface area (Å²) in [5, 5.41) is 1.23. The Balaban J connectivity index is 1.31. The minimum Gasteiger partial charge on any atom is -0.341 e. The Morgan fingerprint density at radius 2 is 1.08 bits per heavy atom. The number of benzene rings is 6. The minimum atomic E-state index is 0.711. The molecule has 4 nitrogen and oxygen atoms in total. The van der Waals surface area contributed by atoms with Gasteiger partial charge in [-0.25, -0.2) is 9.97 Å². The highest BCUT2D eigenvalue weighted by Gasteiger charge is 2.29. The lowest BCUT2D eigenvalue weighted by Crippen LogP contribution is -2.16. The van der Waals surface area contributed by atoms with E-state index in [0.29, 0.717) is 5.82 Å². The van der Waals surface area contributed by atoms with E-state index in [9.17, 15) is 0 Å². The van der Waals surface area contributed by atoms with E-state index >= 15 is 0 Å². The molecule has 0 N–H and O–H groups in total. The van der Waals surface area contributed by atoms with Gasteiger partial charge >= 0.3 is 0 Å². The Labute approximate surface area is 280 Å². The van der Waals surface area contributed by atoms with Crippen LogP contribution in [0.3, 0.4) is 0 Å². The van der Waals surface area contributed by atoms with Gasteiger partial charge < -0.3 is 9.47 Å². The van der Waals surface area contributed by atoms with Gasteiger partial charge in [0.05, 0.1) is 28.3 Å². The van der Waals surface area contributed by atoms with Crippen molar-refractivity contribution in [3.05, 3.63) is 164 Å². The molecule has 0 spiro atoms. The topological polar surface area (TPSA) is 34.0 Å². The normalized spacial score (nSPS) is 11.9. The van der Waals surface area contributed by atoms with Crippen LogP contribution in [0.5, 0.6) is 0 Å². The lowest BCUT2D eigenvalue weighted by atomic mass is 9.98. The molecule has 6 aromatic carbocycles. The van der Waals surface area contributed by atoms with Crippen molar-refractivity contribution in [2.45, 2.75) is 6.92 Å². The quantitative estimate of drug-likeness (QED) is 0.193. The summed E-state index contributed by atoms with van der Waals surface area (Å²) in [5.74, 6) is 0.711. The molecule has 2 aromatic heterocycles. The first-order valence-electron chi connectivity index (χ1n) is 16.5. The molecule has 0 unspecified atom stereocenters. The SMILES string of the molecule is CCN1c2ccccc2-c2c(n(-c3cccc(-c4cc(-c5ccccc5)nc(-c5ccccc5)n4)c3)c3ccccc23)-c2ccccc21. The highest BCUT2D eigenvalue weighted by Crippen LogP contribution is 2.52. The van der Waals surface area contributed by atoms with E-state index in [-0.39, 0.29) is 0 Å². The van der Waals surface area contributed by atoms with E-state index in [1.54, 1.807) is 0 Å². The van der Waals surface area contributed by atoms with Crippen molar-refractivity contribution in [3.8, 4) is 62.0 Å². The number of hydrogen-bond acceptors (Lipinski definition) is 3. The molecule has 228 valence electrons. The third kappa shape index (κ3) is 4.53. The second kappa shape index (κ2) is 11.5. The molecule has 0 saturated carbocycles. The first-order chi connectivity index (χ1) is 23.8. The molecule has 0 bridgehead atoms. The van der Waals surface area contributed by atoms with Crippen LogP contribution in [0, 0.1) is 0 Å². The molecule has 9 rings (SSSR count). The third-order valence-electron chi connectivity index (χ3n) is 9.33. The highest BCUT2D eigenvalue weighted by atomic mass is 15.1. The number of aromatic nitrogens is 3. The summed E-state index contributed by atoms with van der Waals surface area (Å²) in [4.78, 5) is 12.6. The zero-order chi connectivity index (χ0) is 32.0. The maximum Gasteiger partial charge on any atom is 0.160 e. The summed E-state index contributed by atoms with van der Waals surface area (Å²) in [6.07, 6.45) is 0. The van der Waals surface area contributed by atoms with Gasteiger partial charge in [-0.2, -0.15) is 0 Å². The van der Waals surface area contributed by atoms with Gasteiger partial charge in [0.2, 0.25) is 0 Å². The first kappa shape index (κ1) is 28.0. The number of rotatable bonds is 5. The summed E-state index contributed by atoms with van der Waals surface area (Å²) < 4.78 is 2.44. The van der Waals surface area contributed by atoms with Crippen LogP contribution in [0.1, 0.15) is 6.92 Å². The smallest absolute Gasteiger partial charge is 0.160 e. The standard InChI is InChI=1S/C44H32N4/c1-2-47-39-25-12-9-22-34(39)42-35-23-10-14-27-41(35)48(43(42)36-24-11-13-26-40(36)47)33-21-15-20-32(28-33)38-29-37(30-16-5-3-6-17-30)45-44(46-38)31-18-7-4-8-19-31/h3-29H,2H2,1H3. The zero-order valence-electron chi connectivity index (χ0n) is 26.6. The van der Waals surface area contributed by atoms with Crippen LogP contribution in [0.25, 0.3) is 72.9 Å². The predicted molar refractivity (Wildman–Crippen MR) is 199 cm³/mol. The van der Waals surface area contributed by atoms with E-state index < -0.39 is 0 Å². The van der Waals surface area contributed by atoms with Gasteiger partial charge in [0.25, 0.3) is 0 Å². The first-order valence-corrected chi connectivity index (χ1v) is 16.5. The Hall–Kier alpha value is -6.26. The fourth-order valence-electron chi connectivity index (χ4n) is 7.21. The molecule has 48 heavy (non-hydrogen) atoms. The third-order valence-corrected chi connectivity index (χ3v) is 9.33. The number of anilines is 2. The Bertz CT molecular complexity index is 2390. The van der Waals surface area contributed by atoms with E-state index in [1.165, 1.54) is 44.7 Å². The van der Waals surface area contributed by atoms with Gasteiger partial charge in [-0.05, 0) is 43.3 Å². The lowest BCUT2D eigenvalue weighted by Gasteiger charge is -2.25. The van der Waals surface area contributed by atoms with Gasteiger partial charge in [-0.3, -0.25) is 0 Å². The van der Waals surface area contributed by atoms with Crippen molar-refractivity contribution in [1.29, 1.82) is 0 Å². The molecule has 0 aliphatic carbocycles. The summed E-state index contributed by atoms with van der Waals surface area (Å²) in [6.45, 7) is 3.10. The molecule has 8 aromatic rings. The maximum atomic E-state index is 5.15. The maximum absolute atomic E-state index is 5.15. The molecule has 0 saturated heterocycles. The molecule has 0 fully saturated rings. The number of nitrogens with zero attached hydrogens (tertiary/aromatic N) is 4.